The third-order valence-electron chi connectivity index (χ3n) is 8.33. The van der Waals surface area contributed by atoms with Gasteiger partial charge in [0.25, 0.3) is 11.5 Å². The van der Waals surface area contributed by atoms with Crippen LogP contribution in [0.25, 0.3) is 11.2 Å². The molecule has 308 valence electrons. The number of anilines is 2. The number of carbonyl (C=O) groups excluding carboxylic acids is 3. The summed E-state index contributed by atoms with van der Waals surface area (Å²) in [6.07, 6.45) is 6.48. The summed E-state index contributed by atoms with van der Waals surface area (Å²) in [5.41, 5.74) is 6.60. The maximum atomic E-state index is 12.8. The first-order chi connectivity index (χ1) is 27.2. The number of nitrogens with zero attached hydrogens (tertiary/aromatic N) is 3. The third kappa shape index (κ3) is 18.6. The first-order valence-corrected chi connectivity index (χ1v) is 18.9. The number of benzene rings is 1. The van der Waals surface area contributed by atoms with Crippen LogP contribution >= 0.6 is 0 Å². The molecule has 0 radical (unpaired) electrons. The van der Waals surface area contributed by atoms with Gasteiger partial charge in [-0.15, -0.1) is 0 Å². The van der Waals surface area contributed by atoms with Crippen LogP contribution in [0.5, 0.6) is 0 Å². The number of rotatable bonds is 32. The van der Waals surface area contributed by atoms with E-state index < -0.39 is 23.5 Å². The first-order valence-electron chi connectivity index (χ1n) is 18.9. The Bertz CT molecular complexity index is 1710. The number of aliphatic carboxylic acids is 1. The van der Waals surface area contributed by atoms with Gasteiger partial charge in [-0.05, 0) is 62.8 Å². The number of hydrogen-bond donors (Lipinski definition) is 5. The van der Waals surface area contributed by atoms with Crippen molar-refractivity contribution in [2.24, 2.45) is 0 Å². The molecule has 18 heteroatoms. The second-order valence-corrected chi connectivity index (χ2v) is 12.9. The molecule has 1 amide bonds. The van der Waals surface area contributed by atoms with E-state index in [1.54, 1.807) is 19.2 Å². The number of unbranched alkanes of at least 4 members (excludes halogenated alkanes) is 2. The Kier molecular flexibility index (Phi) is 21.8. The van der Waals surface area contributed by atoms with Crippen LogP contribution in [0.15, 0.2) is 35.3 Å². The molecular weight excluding hydrogens is 730 g/mol. The molecule has 3 aromatic rings. The van der Waals surface area contributed by atoms with Crippen molar-refractivity contribution in [3.05, 3.63) is 52.1 Å². The molecule has 3 rings (SSSR count). The van der Waals surface area contributed by atoms with E-state index in [1.807, 2.05) is 0 Å². The van der Waals surface area contributed by atoms with Crippen LogP contribution in [0.4, 0.5) is 11.6 Å². The average Bonchev–Trinajstić information content (AvgIpc) is 3.18. The maximum absolute atomic E-state index is 12.8. The van der Waals surface area contributed by atoms with Gasteiger partial charge in [0.2, 0.25) is 5.95 Å². The molecule has 0 spiro atoms. The number of hydrogen-bond acceptors (Lipinski definition) is 15. The van der Waals surface area contributed by atoms with Gasteiger partial charge in [0.05, 0.1) is 58.1 Å². The lowest BCUT2D eigenvalue weighted by Crippen LogP contribution is -2.41. The number of Topliss-reactive ketones (excluding diaryl/α,β-unsaturated/α-hetero) is 2. The molecule has 2 aromatic heterocycles. The van der Waals surface area contributed by atoms with E-state index in [-0.39, 0.29) is 60.0 Å². The van der Waals surface area contributed by atoms with Crippen LogP contribution in [0.2, 0.25) is 0 Å². The number of nitrogens with two attached hydrogens (primary N) is 1. The lowest BCUT2D eigenvalue weighted by molar-refractivity contribution is -0.139. The number of nitrogens with one attached hydrogen (secondary N) is 3. The Labute approximate surface area is 325 Å². The maximum Gasteiger partial charge on any atom is 0.326 e. The summed E-state index contributed by atoms with van der Waals surface area (Å²) in [6.45, 7) is 4.74. The molecule has 1 atom stereocenters. The predicted molar refractivity (Wildman–Crippen MR) is 206 cm³/mol. The fraction of sp³-hybridized carbons (Fsp3) is 0.579. The molecule has 56 heavy (non-hydrogen) atoms. The van der Waals surface area contributed by atoms with E-state index in [4.69, 9.17) is 29.4 Å². The van der Waals surface area contributed by atoms with Crippen molar-refractivity contribution in [1.82, 2.24) is 25.3 Å². The van der Waals surface area contributed by atoms with E-state index in [9.17, 15) is 29.1 Å². The van der Waals surface area contributed by atoms with Gasteiger partial charge in [0.1, 0.15) is 17.6 Å². The predicted octanol–water partition coefficient (Wildman–Crippen LogP) is 2.84. The summed E-state index contributed by atoms with van der Waals surface area (Å²) >= 11 is 0. The number of carboxylic acids is 1. The molecule has 6 N–H and O–H groups in total. The minimum Gasteiger partial charge on any atom is -0.480 e. The number of aromatic nitrogens is 4. The number of aromatic amines is 1. The fourth-order valence-electron chi connectivity index (χ4n) is 5.25. The van der Waals surface area contributed by atoms with Crippen LogP contribution in [-0.4, -0.2) is 121 Å². The average molecular weight is 786 g/mol. The highest BCUT2D eigenvalue weighted by Crippen LogP contribution is 2.13. The molecule has 0 fully saturated rings. The van der Waals surface area contributed by atoms with Crippen molar-refractivity contribution < 1.29 is 48.0 Å². The summed E-state index contributed by atoms with van der Waals surface area (Å²) in [7, 11) is 1.62. The number of ether oxygens (including phenoxy) is 5. The lowest BCUT2D eigenvalue weighted by Gasteiger charge is -2.14. The summed E-state index contributed by atoms with van der Waals surface area (Å²) in [5, 5.41) is 15.3. The van der Waals surface area contributed by atoms with Crippen LogP contribution in [-0.2, 0) is 44.6 Å². The van der Waals surface area contributed by atoms with Gasteiger partial charge in [0.15, 0.2) is 11.2 Å². The molecule has 1 aromatic carbocycles. The minimum absolute atomic E-state index is 0.0217. The van der Waals surface area contributed by atoms with E-state index in [0.717, 1.165) is 19.3 Å². The van der Waals surface area contributed by atoms with Crippen LogP contribution in [0.3, 0.4) is 0 Å². The first kappa shape index (κ1) is 45.5. The number of carbonyl (C=O) groups is 4. The zero-order valence-corrected chi connectivity index (χ0v) is 32.1. The van der Waals surface area contributed by atoms with Crippen LogP contribution < -0.4 is 21.9 Å². The SMILES string of the molecule is COCCOCCCC(=O)CCCCOCCOCCOCCCCC(=O)CC[C@@H](NC(=O)c1ccc(NCc2cnc3nc(N)[nH]c(=O)c3n2)cc1)C(=O)O. The standard InChI is InChI=1S/C38H55N7O11/c1-52-19-20-55-18-6-9-30(46)7-2-4-16-53-21-23-56-24-22-54-17-5-3-8-31(47)14-15-32(37(50)51)43-35(48)27-10-12-28(13-11-27)40-25-29-26-41-34-33(42-29)36(49)45-38(39)44-34/h10-13,26,32,40H,2-9,14-25H2,1H3,(H,43,48)(H,50,51)(H3,39,41,44,45,49)/t32-/m1/s1. The van der Waals surface area contributed by atoms with Gasteiger partial charge in [-0.3, -0.25) is 24.2 Å². The summed E-state index contributed by atoms with van der Waals surface area (Å²) in [5.74, 6) is -1.70. The number of nitrogen functional groups attached to an aromatic ring is 1. The second kappa shape index (κ2) is 26.8. The Hall–Kier alpha value is -4.88. The number of H-pyrrole nitrogens is 1. The molecule has 0 saturated heterocycles. The summed E-state index contributed by atoms with van der Waals surface area (Å²) < 4.78 is 26.9. The van der Waals surface area contributed by atoms with Crippen LogP contribution in [0.1, 0.15) is 80.3 Å². The zero-order valence-electron chi connectivity index (χ0n) is 32.1. The minimum atomic E-state index is -1.23. The number of ketones is 2. The largest absolute Gasteiger partial charge is 0.480 e. The van der Waals surface area contributed by atoms with E-state index in [0.29, 0.717) is 96.5 Å². The molecule has 0 aliphatic carbocycles. The summed E-state index contributed by atoms with van der Waals surface area (Å²) in [4.78, 5) is 75.7. The Morgan fingerprint density at radius 3 is 1.96 bits per heavy atom. The Balaban J connectivity index is 1.17. The van der Waals surface area contributed by atoms with Crippen molar-refractivity contribution >= 4 is 46.2 Å². The molecule has 0 aliphatic rings. The fourth-order valence-corrected chi connectivity index (χ4v) is 5.25. The van der Waals surface area contributed by atoms with Gasteiger partial charge < -0.3 is 45.2 Å². The van der Waals surface area contributed by atoms with Crippen molar-refractivity contribution in [2.75, 3.05) is 77.6 Å². The van der Waals surface area contributed by atoms with E-state index >= 15 is 0 Å². The Morgan fingerprint density at radius 1 is 0.768 bits per heavy atom. The normalized spacial score (nSPS) is 11.7. The lowest BCUT2D eigenvalue weighted by atomic mass is 10.0. The highest BCUT2D eigenvalue weighted by atomic mass is 16.5. The molecule has 0 aliphatic heterocycles. The van der Waals surface area contributed by atoms with Gasteiger partial charge in [-0.2, -0.15) is 4.98 Å². The van der Waals surface area contributed by atoms with Crippen molar-refractivity contribution in [3.8, 4) is 0 Å². The van der Waals surface area contributed by atoms with Gasteiger partial charge in [-0.25, -0.2) is 14.8 Å². The zero-order chi connectivity index (χ0) is 40.4. The smallest absolute Gasteiger partial charge is 0.326 e. The van der Waals surface area contributed by atoms with Crippen LogP contribution in [0, 0.1) is 0 Å². The quantitative estimate of drug-likeness (QED) is 0.0570. The highest BCUT2D eigenvalue weighted by molar-refractivity contribution is 5.97. The van der Waals surface area contributed by atoms with Gasteiger partial charge >= 0.3 is 5.97 Å². The monoisotopic (exact) mass is 785 g/mol. The molecule has 18 nitrogen and oxygen atoms in total. The van der Waals surface area contributed by atoms with Crippen molar-refractivity contribution in [1.29, 1.82) is 0 Å². The Morgan fingerprint density at radius 2 is 1.34 bits per heavy atom. The number of amides is 1. The van der Waals surface area contributed by atoms with Crippen molar-refractivity contribution in [2.45, 2.75) is 76.8 Å². The number of methoxy groups -OCH3 is 1. The molecule has 0 saturated carbocycles. The van der Waals surface area contributed by atoms with E-state index in [2.05, 4.69) is 30.6 Å². The van der Waals surface area contributed by atoms with Gasteiger partial charge in [0, 0.05) is 63.9 Å². The van der Waals surface area contributed by atoms with E-state index in [1.165, 1.54) is 18.3 Å². The van der Waals surface area contributed by atoms with Crippen molar-refractivity contribution in [3.63, 3.8) is 0 Å². The topological polar surface area (TPSA) is 256 Å². The van der Waals surface area contributed by atoms with Gasteiger partial charge in [-0.1, -0.05) is 0 Å². The molecule has 0 bridgehead atoms. The molecule has 0 unspecified atom stereocenters. The highest BCUT2D eigenvalue weighted by Gasteiger charge is 2.22. The third-order valence-corrected chi connectivity index (χ3v) is 8.33. The molecular formula is C38H55N7O11. The number of carboxylic acid groups (broad SMARTS) is 1. The second-order valence-electron chi connectivity index (χ2n) is 12.9. The summed E-state index contributed by atoms with van der Waals surface area (Å²) in [6, 6.07) is 5.15. The molecule has 2 heterocycles. The number of fused-ring (bicyclic) bond motifs is 1.